The number of carbonyl (C=O) groups is 1. The van der Waals surface area contributed by atoms with E-state index in [-0.39, 0.29) is 15.4 Å². The van der Waals surface area contributed by atoms with E-state index in [1.807, 2.05) is 6.07 Å². The number of hydrogen-bond acceptors (Lipinski definition) is 5. The van der Waals surface area contributed by atoms with Crippen LogP contribution in [0.15, 0.2) is 0 Å². The van der Waals surface area contributed by atoms with Crippen molar-refractivity contribution in [1.29, 1.82) is 5.26 Å². The van der Waals surface area contributed by atoms with Gasteiger partial charge >= 0.3 is 0 Å². The molecule has 0 saturated carbocycles. The first-order chi connectivity index (χ1) is 6.65. The lowest BCUT2D eigenvalue weighted by Crippen LogP contribution is -2.27. The molecular weight excluding hydrogens is 224 g/mol. The molecule has 0 atom stereocenters. The molecule has 7 heteroatoms. The van der Waals surface area contributed by atoms with Gasteiger partial charge in [0.25, 0.3) is 5.91 Å². The highest BCUT2D eigenvalue weighted by atomic mass is 35.5. The molecule has 0 aliphatic heterocycles. The Morgan fingerprint density at radius 3 is 2.93 bits per heavy atom. The lowest BCUT2D eigenvalue weighted by atomic mass is 10.4. The van der Waals surface area contributed by atoms with E-state index < -0.39 is 0 Å². The molecule has 1 aromatic rings. The van der Waals surface area contributed by atoms with Gasteiger partial charge in [-0.2, -0.15) is 5.26 Å². The normalized spacial score (nSPS) is 9.50. The van der Waals surface area contributed by atoms with Gasteiger partial charge in [-0.15, -0.1) is 10.2 Å². The van der Waals surface area contributed by atoms with Gasteiger partial charge in [0.1, 0.15) is 0 Å². The third kappa shape index (κ3) is 2.65. The summed E-state index contributed by atoms with van der Waals surface area (Å²) in [6.07, 6.45) is 0.300. The molecule has 0 saturated heterocycles. The highest BCUT2D eigenvalue weighted by molar-refractivity contribution is 7.17. The van der Waals surface area contributed by atoms with Crippen LogP contribution in [0.4, 0.5) is 0 Å². The molecule has 1 rings (SSSR count). The van der Waals surface area contributed by atoms with Crippen molar-refractivity contribution in [3.8, 4) is 6.07 Å². The molecule has 0 radical (unpaired) electrons. The van der Waals surface area contributed by atoms with Crippen molar-refractivity contribution in [3.63, 3.8) is 0 Å². The molecule has 5 nitrogen and oxygen atoms in total. The van der Waals surface area contributed by atoms with E-state index in [0.29, 0.717) is 13.0 Å². The van der Waals surface area contributed by atoms with Gasteiger partial charge in [-0.25, -0.2) is 0 Å². The van der Waals surface area contributed by atoms with Gasteiger partial charge in [0, 0.05) is 13.6 Å². The number of halogens is 1. The van der Waals surface area contributed by atoms with Crippen molar-refractivity contribution in [1.82, 2.24) is 15.1 Å². The second-order valence-corrected chi connectivity index (χ2v) is 4.05. The van der Waals surface area contributed by atoms with Crippen LogP contribution in [0.1, 0.15) is 16.2 Å². The number of hydrogen-bond donors (Lipinski definition) is 0. The van der Waals surface area contributed by atoms with Crippen LogP contribution < -0.4 is 0 Å². The van der Waals surface area contributed by atoms with Crippen LogP contribution in [0.5, 0.6) is 0 Å². The molecule has 1 amide bonds. The highest BCUT2D eigenvalue weighted by Crippen LogP contribution is 2.15. The van der Waals surface area contributed by atoms with Gasteiger partial charge < -0.3 is 4.90 Å². The Kier molecular flexibility index (Phi) is 3.80. The first-order valence-electron chi connectivity index (χ1n) is 3.76. The van der Waals surface area contributed by atoms with Crippen LogP contribution in [-0.4, -0.2) is 34.6 Å². The minimum Gasteiger partial charge on any atom is -0.339 e. The molecule has 0 fully saturated rings. The predicted molar refractivity (Wildman–Crippen MR) is 52.1 cm³/mol. The molecule has 0 spiro atoms. The zero-order valence-corrected chi connectivity index (χ0v) is 8.97. The maximum Gasteiger partial charge on any atom is 0.284 e. The maximum atomic E-state index is 11.5. The van der Waals surface area contributed by atoms with Gasteiger partial charge in [0.15, 0.2) is 0 Å². The summed E-state index contributed by atoms with van der Waals surface area (Å²) in [4.78, 5) is 12.9. The highest BCUT2D eigenvalue weighted by Gasteiger charge is 2.15. The fraction of sp³-hybridized carbons (Fsp3) is 0.429. The Morgan fingerprint density at radius 1 is 1.71 bits per heavy atom. The average Bonchev–Trinajstić information content (AvgIpc) is 2.60. The second kappa shape index (κ2) is 4.88. The fourth-order valence-corrected chi connectivity index (χ4v) is 1.60. The summed E-state index contributed by atoms with van der Waals surface area (Å²) in [5.41, 5.74) is 0. The number of aromatic nitrogens is 2. The third-order valence-corrected chi connectivity index (χ3v) is 2.50. The van der Waals surface area contributed by atoms with E-state index in [9.17, 15) is 4.79 Å². The van der Waals surface area contributed by atoms with Crippen LogP contribution in [0.3, 0.4) is 0 Å². The molecule has 1 aromatic heterocycles. The van der Waals surface area contributed by atoms with E-state index in [1.165, 1.54) is 4.90 Å². The first-order valence-corrected chi connectivity index (χ1v) is 4.96. The topological polar surface area (TPSA) is 69.9 Å². The predicted octanol–water partition coefficient (Wildman–Crippen LogP) is 1.18. The van der Waals surface area contributed by atoms with Crippen LogP contribution in [-0.2, 0) is 0 Å². The van der Waals surface area contributed by atoms with Gasteiger partial charge in [-0.05, 0) is 11.6 Å². The Morgan fingerprint density at radius 2 is 2.43 bits per heavy atom. The Hall–Kier alpha value is -1.19. The Bertz CT molecular complexity index is 372. The number of carbonyl (C=O) groups excluding carboxylic acids is 1. The summed E-state index contributed by atoms with van der Waals surface area (Å²) >= 11 is 6.56. The average molecular weight is 231 g/mol. The number of nitrogens with zero attached hydrogens (tertiary/aromatic N) is 4. The summed E-state index contributed by atoms with van der Waals surface area (Å²) in [7, 11) is 1.61. The Labute approximate surface area is 89.9 Å². The third-order valence-electron chi connectivity index (χ3n) is 1.49. The molecular formula is C7H7ClN4OS. The van der Waals surface area contributed by atoms with Crippen molar-refractivity contribution >= 4 is 28.8 Å². The summed E-state index contributed by atoms with van der Waals surface area (Å²) in [6, 6.07) is 1.96. The lowest BCUT2D eigenvalue weighted by molar-refractivity contribution is 0.0797. The van der Waals surface area contributed by atoms with Crippen LogP contribution >= 0.6 is 22.9 Å². The molecule has 74 valence electrons. The van der Waals surface area contributed by atoms with Crippen LogP contribution in [0.2, 0.25) is 4.47 Å². The zero-order valence-electron chi connectivity index (χ0n) is 7.40. The van der Waals surface area contributed by atoms with E-state index in [0.717, 1.165) is 11.3 Å². The minimum atomic E-state index is -0.260. The minimum absolute atomic E-state index is 0.238. The first kappa shape index (κ1) is 10.9. The molecule has 0 bridgehead atoms. The van der Waals surface area contributed by atoms with E-state index in [2.05, 4.69) is 10.2 Å². The lowest BCUT2D eigenvalue weighted by Gasteiger charge is -2.12. The number of amides is 1. The monoisotopic (exact) mass is 230 g/mol. The van der Waals surface area contributed by atoms with E-state index >= 15 is 0 Å². The molecule has 1 heterocycles. The van der Waals surface area contributed by atoms with Gasteiger partial charge in [-0.3, -0.25) is 4.79 Å². The Balaban J connectivity index is 2.62. The van der Waals surface area contributed by atoms with Crippen molar-refractivity contribution < 1.29 is 4.79 Å². The van der Waals surface area contributed by atoms with E-state index in [4.69, 9.17) is 16.9 Å². The smallest absolute Gasteiger partial charge is 0.284 e. The molecule has 0 aliphatic rings. The number of rotatable bonds is 3. The molecule has 0 aromatic carbocycles. The van der Waals surface area contributed by atoms with Gasteiger partial charge in [-0.1, -0.05) is 11.3 Å². The fourth-order valence-electron chi connectivity index (χ4n) is 0.774. The molecule has 0 aliphatic carbocycles. The summed E-state index contributed by atoms with van der Waals surface area (Å²) < 4.78 is 0.238. The van der Waals surface area contributed by atoms with Crippen molar-refractivity contribution in [2.24, 2.45) is 0 Å². The summed E-state index contributed by atoms with van der Waals surface area (Å²) in [6.45, 7) is 0.381. The summed E-state index contributed by atoms with van der Waals surface area (Å²) in [5.74, 6) is -0.260. The standard InChI is InChI=1S/C7H7ClN4OS/c1-12(4-2-3-9)6(13)5-10-11-7(8)14-5/h2,4H2,1H3. The maximum absolute atomic E-state index is 11.5. The van der Waals surface area contributed by atoms with Crippen LogP contribution in [0, 0.1) is 11.3 Å². The van der Waals surface area contributed by atoms with Gasteiger partial charge in [0.2, 0.25) is 9.47 Å². The van der Waals surface area contributed by atoms with Crippen molar-refractivity contribution in [2.45, 2.75) is 6.42 Å². The quantitative estimate of drug-likeness (QED) is 0.782. The van der Waals surface area contributed by atoms with Crippen LogP contribution in [0.25, 0.3) is 0 Å². The summed E-state index contributed by atoms with van der Waals surface area (Å²) in [5, 5.41) is 15.7. The second-order valence-electron chi connectivity index (χ2n) is 2.49. The SMILES string of the molecule is CN(CCC#N)C(=O)c1nnc(Cl)s1. The zero-order chi connectivity index (χ0) is 10.6. The van der Waals surface area contributed by atoms with E-state index in [1.54, 1.807) is 7.05 Å². The largest absolute Gasteiger partial charge is 0.339 e. The van der Waals surface area contributed by atoms with Gasteiger partial charge in [0.05, 0.1) is 12.5 Å². The van der Waals surface area contributed by atoms with Crippen molar-refractivity contribution in [3.05, 3.63) is 9.47 Å². The molecule has 0 unspecified atom stereocenters. The van der Waals surface area contributed by atoms with Crippen molar-refractivity contribution in [2.75, 3.05) is 13.6 Å². The number of nitriles is 1. The molecule has 14 heavy (non-hydrogen) atoms. The molecule has 0 N–H and O–H groups in total.